The summed E-state index contributed by atoms with van der Waals surface area (Å²) in [6.45, 7) is 2.03. The molecule has 1 heterocycles. The lowest BCUT2D eigenvalue weighted by atomic mass is 10.2. The number of nitrogens with one attached hydrogen (secondary N) is 1. The van der Waals surface area contributed by atoms with E-state index in [0.717, 1.165) is 11.3 Å². The lowest BCUT2D eigenvalue weighted by Crippen LogP contribution is -2.15. The standard InChI is InChI=1S/C26H24N4O4S/c1-3-34-25(32)18-10-9-11-19(16-18)27-23(31)17-35-26-29-28-24(21-14-7-8-15-22(21)33-2)30(26)20-12-5-4-6-13-20/h4-16H,3,17H2,1-2H3,(H,27,31). The monoisotopic (exact) mass is 488 g/mol. The Morgan fingerprint density at radius 3 is 2.51 bits per heavy atom. The Hall–Kier alpha value is -4.11. The van der Waals surface area contributed by atoms with Gasteiger partial charge in [-0.05, 0) is 49.4 Å². The van der Waals surface area contributed by atoms with Gasteiger partial charge in [-0.15, -0.1) is 10.2 Å². The van der Waals surface area contributed by atoms with Crippen LogP contribution >= 0.6 is 11.8 Å². The van der Waals surface area contributed by atoms with E-state index >= 15 is 0 Å². The van der Waals surface area contributed by atoms with Crippen molar-refractivity contribution in [3.8, 4) is 22.8 Å². The smallest absolute Gasteiger partial charge is 0.338 e. The van der Waals surface area contributed by atoms with E-state index in [1.165, 1.54) is 11.8 Å². The van der Waals surface area contributed by atoms with Crippen LogP contribution in [0.25, 0.3) is 17.1 Å². The summed E-state index contributed by atoms with van der Waals surface area (Å²) in [4.78, 5) is 24.7. The average Bonchev–Trinajstić information content (AvgIpc) is 3.32. The van der Waals surface area contributed by atoms with Crippen LogP contribution in [0.1, 0.15) is 17.3 Å². The van der Waals surface area contributed by atoms with Crippen LogP contribution in [0.3, 0.4) is 0 Å². The van der Waals surface area contributed by atoms with Crippen LogP contribution in [0.15, 0.2) is 84.0 Å². The minimum absolute atomic E-state index is 0.0977. The number of hydrogen-bond acceptors (Lipinski definition) is 7. The van der Waals surface area contributed by atoms with Crippen molar-refractivity contribution in [3.63, 3.8) is 0 Å². The van der Waals surface area contributed by atoms with Crippen molar-refractivity contribution in [1.29, 1.82) is 0 Å². The molecule has 0 saturated carbocycles. The number of nitrogens with zero attached hydrogens (tertiary/aromatic N) is 3. The van der Waals surface area contributed by atoms with E-state index in [0.29, 0.717) is 28.0 Å². The predicted octanol–water partition coefficient (Wildman–Crippen LogP) is 4.85. The maximum absolute atomic E-state index is 12.7. The van der Waals surface area contributed by atoms with Crippen molar-refractivity contribution in [2.24, 2.45) is 0 Å². The lowest BCUT2D eigenvalue weighted by molar-refractivity contribution is -0.113. The molecule has 1 N–H and O–H groups in total. The average molecular weight is 489 g/mol. The summed E-state index contributed by atoms with van der Waals surface area (Å²) in [5, 5.41) is 12.2. The van der Waals surface area contributed by atoms with Gasteiger partial charge < -0.3 is 14.8 Å². The second kappa shape index (κ2) is 11.3. The SMILES string of the molecule is CCOC(=O)c1cccc(NC(=O)CSc2nnc(-c3ccccc3OC)n2-c2ccccc2)c1. The number of esters is 1. The van der Waals surface area contributed by atoms with Gasteiger partial charge in [-0.3, -0.25) is 9.36 Å². The molecule has 0 fully saturated rings. The molecule has 8 nitrogen and oxygen atoms in total. The second-order valence-corrected chi connectivity index (χ2v) is 8.26. The van der Waals surface area contributed by atoms with Gasteiger partial charge in [0.25, 0.3) is 0 Å². The van der Waals surface area contributed by atoms with E-state index in [2.05, 4.69) is 15.5 Å². The highest BCUT2D eigenvalue weighted by atomic mass is 32.2. The molecule has 0 atom stereocenters. The van der Waals surface area contributed by atoms with Crippen molar-refractivity contribution in [1.82, 2.24) is 14.8 Å². The molecular weight excluding hydrogens is 464 g/mol. The number of hydrogen-bond donors (Lipinski definition) is 1. The molecule has 35 heavy (non-hydrogen) atoms. The summed E-state index contributed by atoms with van der Waals surface area (Å²) in [5.74, 6) is 0.711. The van der Waals surface area contributed by atoms with E-state index in [-0.39, 0.29) is 18.3 Å². The molecule has 0 aliphatic rings. The first-order valence-corrected chi connectivity index (χ1v) is 11.9. The summed E-state index contributed by atoms with van der Waals surface area (Å²) < 4.78 is 12.4. The highest BCUT2D eigenvalue weighted by molar-refractivity contribution is 7.99. The van der Waals surface area contributed by atoms with Crippen molar-refractivity contribution >= 4 is 29.3 Å². The Labute approximate surface area is 207 Å². The highest BCUT2D eigenvalue weighted by Gasteiger charge is 2.20. The molecule has 0 aliphatic carbocycles. The fourth-order valence-corrected chi connectivity index (χ4v) is 4.19. The Morgan fingerprint density at radius 2 is 1.74 bits per heavy atom. The first-order valence-electron chi connectivity index (χ1n) is 10.9. The molecule has 3 aromatic carbocycles. The van der Waals surface area contributed by atoms with Crippen molar-refractivity contribution in [3.05, 3.63) is 84.4 Å². The first-order chi connectivity index (χ1) is 17.1. The minimum atomic E-state index is -0.433. The second-order valence-electron chi connectivity index (χ2n) is 7.32. The van der Waals surface area contributed by atoms with Crippen molar-refractivity contribution in [2.75, 3.05) is 24.8 Å². The number of para-hydroxylation sites is 2. The fraction of sp³-hybridized carbons (Fsp3) is 0.154. The number of thioether (sulfide) groups is 1. The maximum Gasteiger partial charge on any atom is 0.338 e. The van der Waals surface area contributed by atoms with Crippen LogP contribution < -0.4 is 10.1 Å². The number of benzene rings is 3. The number of amides is 1. The quantitative estimate of drug-likeness (QED) is 0.266. The van der Waals surface area contributed by atoms with Crippen LogP contribution in [-0.2, 0) is 9.53 Å². The number of methoxy groups -OCH3 is 1. The summed E-state index contributed by atoms with van der Waals surface area (Å²) >= 11 is 1.26. The topological polar surface area (TPSA) is 95.3 Å². The highest BCUT2D eigenvalue weighted by Crippen LogP contribution is 2.33. The third-order valence-corrected chi connectivity index (χ3v) is 5.91. The Kier molecular flexibility index (Phi) is 7.79. The van der Waals surface area contributed by atoms with Gasteiger partial charge in [0.15, 0.2) is 11.0 Å². The summed E-state index contributed by atoms with van der Waals surface area (Å²) in [6.07, 6.45) is 0. The van der Waals surface area contributed by atoms with E-state index in [4.69, 9.17) is 9.47 Å². The van der Waals surface area contributed by atoms with Crippen LogP contribution in [-0.4, -0.2) is 46.1 Å². The number of carbonyl (C=O) groups is 2. The summed E-state index contributed by atoms with van der Waals surface area (Å²) in [7, 11) is 1.61. The van der Waals surface area contributed by atoms with Crippen molar-refractivity contribution in [2.45, 2.75) is 12.1 Å². The summed E-state index contributed by atoms with van der Waals surface area (Å²) in [6, 6.07) is 23.9. The van der Waals surface area contributed by atoms with E-state index < -0.39 is 5.97 Å². The third-order valence-electron chi connectivity index (χ3n) is 4.99. The number of anilines is 1. The molecule has 0 spiro atoms. The predicted molar refractivity (Wildman–Crippen MR) is 135 cm³/mol. The zero-order valence-electron chi connectivity index (χ0n) is 19.3. The van der Waals surface area contributed by atoms with Crippen LogP contribution in [0.2, 0.25) is 0 Å². The molecule has 1 amide bonds. The normalized spacial score (nSPS) is 10.6. The first kappa shape index (κ1) is 24.0. The van der Waals surface area contributed by atoms with E-state index in [1.54, 1.807) is 38.3 Å². The molecule has 178 valence electrons. The molecule has 9 heteroatoms. The number of rotatable bonds is 9. The minimum Gasteiger partial charge on any atom is -0.496 e. The van der Waals surface area contributed by atoms with Gasteiger partial charge >= 0.3 is 5.97 Å². The third kappa shape index (κ3) is 5.70. The molecular formula is C26H24N4O4S. The van der Waals surface area contributed by atoms with Gasteiger partial charge in [-0.1, -0.05) is 48.2 Å². The zero-order chi connectivity index (χ0) is 24.6. The number of carbonyl (C=O) groups excluding carboxylic acids is 2. The molecule has 0 bridgehead atoms. The number of ether oxygens (including phenoxy) is 2. The summed E-state index contributed by atoms with van der Waals surface area (Å²) in [5.41, 5.74) is 2.55. The van der Waals surface area contributed by atoms with Gasteiger partial charge in [0, 0.05) is 11.4 Å². The maximum atomic E-state index is 12.7. The molecule has 1 aromatic heterocycles. The Morgan fingerprint density at radius 1 is 0.971 bits per heavy atom. The van der Waals surface area contributed by atoms with Gasteiger partial charge in [-0.2, -0.15) is 0 Å². The molecule has 0 saturated heterocycles. The molecule has 0 unspecified atom stereocenters. The molecule has 4 rings (SSSR count). The van der Waals surface area contributed by atoms with Gasteiger partial charge in [-0.25, -0.2) is 4.79 Å². The van der Waals surface area contributed by atoms with Crippen LogP contribution in [0, 0.1) is 0 Å². The largest absolute Gasteiger partial charge is 0.496 e. The Balaban J connectivity index is 1.55. The molecule has 4 aromatic rings. The molecule has 0 aliphatic heterocycles. The zero-order valence-corrected chi connectivity index (χ0v) is 20.1. The van der Waals surface area contributed by atoms with E-state index in [1.807, 2.05) is 59.2 Å². The Bertz CT molecular complexity index is 1320. The van der Waals surface area contributed by atoms with Gasteiger partial charge in [0.2, 0.25) is 5.91 Å². The van der Waals surface area contributed by atoms with Gasteiger partial charge in [0.1, 0.15) is 5.75 Å². The van der Waals surface area contributed by atoms with Crippen LogP contribution in [0.5, 0.6) is 5.75 Å². The number of aromatic nitrogens is 3. The van der Waals surface area contributed by atoms with Gasteiger partial charge in [0.05, 0.1) is 30.6 Å². The fourth-order valence-electron chi connectivity index (χ4n) is 3.44. The van der Waals surface area contributed by atoms with E-state index in [9.17, 15) is 9.59 Å². The van der Waals surface area contributed by atoms with Crippen LogP contribution in [0.4, 0.5) is 5.69 Å². The lowest BCUT2D eigenvalue weighted by Gasteiger charge is -2.12. The molecule has 0 radical (unpaired) electrons. The van der Waals surface area contributed by atoms with Crippen molar-refractivity contribution < 1.29 is 19.1 Å².